The van der Waals surface area contributed by atoms with Crippen LogP contribution in [0.2, 0.25) is 0 Å². The zero-order valence-electron chi connectivity index (χ0n) is 14.6. The maximum atomic E-state index is 12.2. The first-order valence-electron chi connectivity index (χ1n) is 8.66. The normalized spacial score (nSPS) is 16.3. The molecule has 2 aromatic carbocycles. The molecule has 1 N–H and O–H groups in total. The van der Waals surface area contributed by atoms with Crippen LogP contribution in [0.5, 0.6) is 5.75 Å². The number of hydrogen-bond acceptors (Lipinski definition) is 2. The summed E-state index contributed by atoms with van der Waals surface area (Å²) in [5, 5.41) is 3.12. The Morgan fingerprint density at radius 3 is 2.12 bits per heavy atom. The quantitative estimate of drug-likeness (QED) is 0.834. The summed E-state index contributed by atoms with van der Waals surface area (Å²) in [4.78, 5) is 12.2. The molecule has 1 atom stereocenters. The van der Waals surface area contributed by atoms with Crippen molar-refractivity contribution in [2.24, 2.45) is 5.41 Å². The van der Waals surface area contributed by atoms with Crippen molar-refractivity contribution in [1.82, 2.24) is 5.32 Å². The largest absolute Gasteiger partial charge is 0.494 e. The van der Waals surface area contributed by atoms with E-state index in [1.807, 2.05) is 32.9 Å². The number of hydrogen-bond donors (Lipinski definition) is 1. The number of amides is 1. The highest BCUT2D eigenvalue weighted by molar-refractivity contribution is 5.85. The molecule has 3 heteroatoms. The van der Waals surface area contributed by atoms with Gasteiger partial charge in [-0.1, -0.05) is 43.3 Å². The Balaban J connectivity index is 1.67. The summed E-state index contributed by atoms with van der Waals surface area (Å²) in [5.41, 5.74) is 3.32. The average Bonchev–Trinajstić information content (AvgIpc) is 3.35. The minimum absolute atomic E-state index is 0.0318. The van der Waals surface area contributed by atoms with Gasteiger partial charge in [0.2, 0.25) is 5.91 Å². The second kappa shape index (κ2) is 6.68. The highest BCUT2D eigenvalue weighted by Gasteiger charge is 2.45. The van der Waals surface area contributed by atoms with Crippen LogP contribution in [0, 0.1) is 5.41 Å². The number of carbonyl (C=O) groups is 1. The first-order chi connectivity index (χ1) is 11.5. The second-order valence-electron chi connectivity index (χ2n) is 6.84. The highest BCUT2D eigenvalue weighted by Crippen LogP contribution is 2.45. The first kappa shape index (κ1) is 16.6. The van der Waals surface area contributed by atoms with Gasteiger partial charge in [-0.2, -0.15) is 0 Å². The Bertz CT molecular complexity index is 700. The van der Waals surface area contributed by atoms with Gasteiger partial charge in [0, 0.05) is 5.41 Å². The summed E-state index contributed by atoms with van der Waals surface area (Å²) < 4.78 is 5.48. The highest BCUT2D eigenvalue weighted by atomic mass is 16.5. The summed E-state index contributed by atoms with van der Waals surface area (Å²) in [6.07, 6.45) is 2.00. The number of benzene rings is 2. The van der Waals surface area contributed by atoms with Crippen LogP contribution in [-0.2, 0) is 4.79 Å². The van der Waals surface area contributed by atoms with Crippen molar-refractivity contribution in [2.75, 3.05) is 6.61 Å². The van der Waals surface area contributed by atoms with E-state index in [1.54, 1.807) is 0 Å². The van der Waals surface area contributed by atoms with Gasteiger partial charge in [-0.05, 0) is 55.5 Å². The molecule has 2 aromatic rings. The molecule has 126 valence electrons. The number of carbonyl (C=O) groups excluding carboxylic acids is 1. The predicted molar refractivity (Wildman–Crippen MR) is 96.9 cm³/mol. The molecule has 0 saturated heterocycles. The smallest absolute Gasteiger partial charge is 0.226 e. The van der Waals surface area contributed by atoms with Crippen LogP contribution in [-0.4, -0.2) is 12.5 Å². The molecule has 0 bridgehead atoms. The van der Waals surface area contributed by atoms with Crippen molar-refractivity contribution in [1.29, 1.82) is 0 Å². The van der Waals surface area contributed by atoms with Gasteiger partial charge in [0.25, 0.3) is 0 Å². The van der Waals surface area contributed by atoms with Crippen molar-refractivity contribution in [3.63, 3.8) is 0 Å². The van der Waals surface area contributed by atoms with E-state index in [1.165, 1.54) is 0 Å². The van der Waals surface area contributed by atoms with Gasteiger partial charge in [0.1, 0.15) is 5.75 Å². The van der Waals surface area contributed by atoms with Crippen molar-refractivity contribution in [2.45, 2.75) is 39.7 Å². The molecule has 1 fully saturated rings. The van der Waals surface area contributed by atoms with Gasteiger partial charge >= 0.3 is 0 Å². The molecular formula is C21H25NO2. The van der Waals surface area contributed by atoms with Gasteiger partial charge in [-0.25, -0.2) is 0 Å². The maximum absolute atomic E-state index is 12.2. The summed E-state index contributed by atoms with van der Waals surface area (Å²) >= 11 is 0. The molecule has 3 rings (SSSR count). The van der Waals surface area contributed by atoms with E-state index in [2.05, 4.69) is 41.7 Å². The standard InChI is InChI=1S/C21H25NO2/c1-4-24-19-11-9-18(10-12-19)17-7-5-16(6-8-17)15(2)22-20(23)21(3)13-14-21/h5-12,15H,4,13-14H2,1-3H3,(H,22,23). The lowest BCUT2D eigenvalue weighted by molar-refractivity contribution is -0.126. The minimum atomic E-state index is -0.128. The molecule has 0 aromatic heterocycles. The Kier molecular flexibility index (Phi) is 4.61. The molecule has 1 aliphatic rings. The molecule has 0 radical (unpaired) electrons. The minimum Gasteiger partial charge on any atom is -0.494 e. The van der Waals surface area contributed by atoms with E-state index in [0.29, 0.717) is 6.61 Å². The lowest BCUT2D eigenvalue weighted by atomic mass is 10.0. The predicted octanol–water partition coefficient (Wildman–Crippen LogP) is 4.73. The van der Waals surface area contributed by atoms with Gasteiger partial charge in [-0.15, -0.1) is 0 Å². The van der Waals surface area contributed by atoms with Gasteiger partial charge in [0.05, 0.1) is 12.6 Å². The van der Waals surface area contributed by atoms with Gasteiger partial charge in [-0.3, -0.25) is 4.79 Å². The molecule has 3 nitrogen and oxygen atoms in total. The fourth-order valence-electron chi connectivity index (χ4n) is 2.74. The van der Waals surface area contributed by atoms with E-state index in [-0.39, 0.29) is 17.4 Å². The van der Waals surface area contributed by atoms with Crippen molar-refractivity contribution in [3.8, 4) is 16.9 Å². The molecule has 24 heavy (non-hydrogen) atoms. The molecule has 1 aliphatic carbocycles. The fraction of sp³-hybridized carbons (Fsp3) is 0.381. The lowest BCUT2D eigenvalue weighted by Gasteiger charge is -2.17. The molecule has 1 saturated carbocycles. The van der Waals surface area contributed by atoms with Crippen molar-refractivity contribution >= 4 is 5.91 Å². The van der Waals surface area contributed by atoms with E-state index >= 15 is 0 Å². The van der Waals surface area contributed by atoms with E-state index < -0.39 is 0 Å². The van der Waals surface area contributed by atoms with Crippen molar-refractivity contribution in [3.05, 3.63) is 54.1 Å². The second-order valence-corrected chi connectivity index (χ2v) is 6.84. The molecule has 1 unspecified atom stereocenters. The average molecular weight is 323 g/mol. The monoisotopic (exact) mass is 323 g/mol. The lowest BCUT2D eigenvalue weighted by Crippen LogP contribution is -2.32. The zero-order valence-corrected chi connectivity index (χ0v) is 14.6. The SMILES string of the molecule is CCOc1ccc(-c2ccc(C(C)NC(=O)C3(C)CC3)cc2)cc1. The third-order valence-corrected chi connectivity index (χ3v) is 4.81. The summed E-state index contributed by atoms with van der Waals surface area (Å²) in [6, 6.07) is 16.5. The summed E-state index contributed by atoms with van der Waals surface area (Å²) in [7, 11) is 0. The fourth-order valence-corrected chi connectivity index (χ4v) is 2.74. The molecular weight excluding hydrogens is 298 g/mol. The first-order valence-corrected chi connectivity index (χ1v) is 8.66. The van der Waals surface area contributed by atoms with Crippen LogP contribution in [0.3, 0.4) is 0 Å². The Morgan fingerprint density at radius 1 is 1.08 bits per heavy atom. The summed E-state index contributed by atoms with van der Waals surface area (Å²) in [6.45, 7) is 6.73. The van der Waals surface area contributed by atoms with Gasteiger partial charge in [0.15, 0.2) is 0 Å². The van der Waals surface area contributed by atoms with Crippen LogP contribution >= 0.6 is 0 Å². The van der Waals surface area contributed by atoms with Crippen LogP contribution in [0.4, 0.5) is 0 Å². The van der Waals surface area contributed by atoms with Crippen LogP contribution in [0.1, 0.15) is 45.2 Å². The van der Waals surface area contributed by atoms with E-state index in [4.69, 9.17) is 4.74 Å². The van der Waals surface area contributed by atoms with E-state index in [0.717, 1.165) is 35.3 Å². The van der Waals surface area contributed by atoms with Crippen LogP contribution in [0.15, 0.2) is 48.5 Å². The Morgan fingerprint density at radius 2 is 1.62 bits per heavy atom. The third kappa shape index (κ3) is 3.61. The topological polar surface area (TPSA) is 38.3 Å². The van der Waals surface area contributed by atoms with Gasteiger partial charge < -0.3 is 10.1 Å². The number of nitrogens with one attached hydrogen (secondary N) is 1. The Labute approximate surface area is 144 Å². The molecule has 1 amide bonds. The number of rotatable bonds is 6. The molecule has 0 aliphatic heterocycles. The van der Waals surface area contributed by atoms with Crippen molar-refractivity contribution < 1.29 is 9.53 Å². The molecule has 0 heterocycles. The van der Waals surface area contributed by atoms with Crippen LogP contribution in [0.25, 0.3) is 11.1 Å². The molecule has 0 spiro atoms. The Hall–Kier alpha value is -2.29. The third-order valence-electron chi connectivity index (χ3n) is 4.81. The maximum Gasteiger partial charge on any atom is 0.226 e. The van der Waals surface area contributed by atoms with E-state index in [9.17, 15) is 4.79 Å². The zero-order chi connectivity index (χ0) is 17.2. The summed E-state index contributed by atoms with van der Waals surface area (Å²) in [5.74, 6) is 1.06. The van der Waals surface area contributed by atoms with Crippen LogP contribution < -0.4 is 10.1 Å². The number of ether oxygens (including phenoxy) is 1.